The van der Waals surface area contributed by atoms with Gasteiger partial charge in [-0.15, -0.1) is 11.3 Å². The highest BCUT2D eigenvalue weighted by molar-refractivity contribution is 7.89. The van der Waals surface area contributed by atoms with Crippen molar-refractivity contribution in [2.24, 2.45) is 5.92 Å². The maximum Gasteiger partial charge on any atom is 0.345 e. The molecule has 0 saturated carbocycles. The Labute approximate surface area is 127 Å². The number of carboxylic acid groups (broad SMARTS) is 1. The fourth-order valence-corrected chi connectivity index (χ4v) is 4.46. The molecule has 0 spiro atoms. The minimum absolute atomic E-state index is 0.0136. The van der Waals surface area contributed by atoms with E-state index >= 15 is 0 Å². The lowest BCUT2D eigenvalue weighted by atomic mass is 10.2. The van der Waals surface area contributed by atoms with Crippen molar-refractivity contribution < 1.29 is 23.1 Å². The normalized spacial score (nSPS) is 13.2. The minimum atomic E-state index is -3.82. The average Bonchev–Trinajstić information content (AvgIpc) is 2.80. The van der Waals surface area contributed by atoms with E-state index in [4.69, 9.17) is 5.11 Å². The first-order valence-electron chi connectivity index (χ1n) is 6.13. The van der Waals surface area contributed by atoms with E-state index < -0.39 is 21.9 Å². The molecule has 0 aliphatic carbocycles. The molecule has 118 valence electrons. The molecule has 0 saturated heterocycles. The van der Waals surface area contributed by atoms with Crippen LogP contribution in [0.4, 0.5) is 0 Å². The molecule has 1 heterocycles. The lowest BCUT2D eigenvalue weighted by Crippen LogP contribution is -2.37. The number of carbonyl (C=O) groups excluding carboxylic acids is 1. The monoisotopic (exact) mass is 334 g/mol. The molecule has 7 nitrogen and oxygen atoms in total. The first kappa shape index (κ1) is 17.6. The van der Waals surface area contributed by atoms with E-state index in [0.29, 0.717) is 4.88 Å². The van der Waals surface area contributed by atoms with Crippen LogP contribution in [0.3, 0.4) is 0 Å². The molecule has 0 bridgehead atoms. The number of nitrogens with zero attached hydrogens (tertiary/aromatic N) is 1. The summed E-state index contributed by atoms with van der Waals surface area (Å²) < 4.78 is 25.9. The smallest absolute Gasteiger partial charge is 0.345 e. The molecule has 9 heteroatoms. The largest absolute Gasteiger partial charge is 0.477 e. The number of carbonyl (C=O) groups is 2. The van der Waals surface area contributed by atoms with Crippen molar-refractivity contribution in [3.63, 3.8) is 0 Å². The molecule has 1 amide bonds. The van der Waals surface area contributed by atoms with Crippen LogP contribution in [-0.4, -0.2) is 50.3 Å². The van der Waals surface area contributed by atoms with Crippen LogP contribution in [0.5, 0.6) is 0 Å². The third-order valence-corrected chi connectivity index (χ3v) is 6.11. The van der Waals surface area contributed by atoms with Crippen molar-refractivity contribution in [2.75, 3.05) is 20.6 Å². The van der Waals surface area contributed by atoms with Gasteiger partial charge in [0.2, 0.25) is 15.9 Å². The lowest BCUT2D eigenvalue weighted by Gasteiger charge is -2.20. The molecule has 1 atom stereocenters. The summed E-state index contributed by atoms with van der Waals surface area (Å²) in [6.07, 6.45) is 0. The SMILES string of the molecule is CNC(=O)C(C)CN(C)S(=O)(=O)c1cc(C(=O)O)sc1C. The Bertz CT molecular complexity index is 651. The molecule has 1 aromatic rings. The van der Waals surface area contributed by atoms with Crippen LogP contribution < -0.4 is 5.32 Å². The quantitative estimate of drug-likeness (QED) is 0.799. The first-order chi connectivity index (χ1) is 9.61. The van der Waals surface area contributed by atoms with Gasteiger partial charge >= 0.3 is 5.97 Å². The predicted molar refractivity (Wildman–Crippen MR) is 79.1 cm³/mol. The van der Waals surface area contributed by atoms with Crippen molar-refractivity contribution in [1.29, 1.82) is 0 Å². The molecule has 0 aliphatic rings. The summed E-state index contributed by atoms with van der Waals surface area (Å²) in [7, 11) is -0.970. The van der Waals surface area contributed by atoms with Gasteiger partial charge in [-0.25, -0.2) is 17.5 Å². The van der Waals surface area contributed by atoms with E-state index in [9.17, 15) is 18.0 Å². The zero-order chi connectivity index (χ0) is 16.4. The van der Waals surface area contributed by atoms with Crippen LogP contribution in [0.25, 0.3) is 0 Å². The Hall–Kier alpha value is -1.45. The number of thiophene rings is 1. The number of hydrogen-bond acceptors (Lipinski definition) is 5. The van der Waals surface area contributed by atoms with Crippen molar-refractivity contribution in [1.82, 2.24) is 9.62 Å². The summed E-state index contributed by atoms with van der Waals surface area (Å²) in [5.74, 6) is -1.93. The van der Waals surface area contributed by atoms with Crippen molar-refractivity contribution in [3.05, 3.63) is 15.8 Å². The minimum Gasteiger partial charge on any atom is -0.477 e. The number of carboxylic acids is 1. The third-order valence-electron chi connectivity index (χ3n) is 3.00. The van der Waals surface area contributed by atoms with Crippen LogP contribution in [0.15, 0.2) is 11.0 Å². The molecule has 2 N–H and O–H groups in total. The fraction of sp³-hybridized carbons (Fsp3) is 0.500. The van der Waals surface area contributed by atoms with Gasteiger partial charge in [-0.1, -0.05) is 6.92 Å². The van der Waals surface area contributed by atoms with Gasteiger partial charge in [0.05, 0.1) is 4.90 Å². The second-order valence-electron chi connectivity index (χ2n) is 4.64. The van der Waals surface area contributed by atoms with Crippen LogP contribution in [0, 0.1) is 12.8 Å². The molecule has 1 unspecified atom stereocenters. The van der Waals surface area contributed by atoms with E-state index in [1.165, 1.54) is 14.1 Å². The highest BCUT2D eigenvalue weighted by Gasteiger charge is 2.28. The zero-order valence-electron chi connectivity index (χ0n) is 12.2. The van der Waals surface area contributed by atoms with Crippen LogP contribution in [-0.2, 0) is 14.8 Å². The second-order valence-corrected chi connectivity index (χ2v) is 7.91. The summed E-state index contributed by atoms with van der Waals surface area (Å²) >= 11 is 0.912. The molecule has 0 aliphatic heterocycles. The van der Waals surface area contributed by atoms with Gasteiger partial charge in [0, 0.05) is 31.4 Å². The fourth-order valence-electron chi connectivity index (χ4n) is 1.81. The van der Waals surface area contributed by atoms with Crippen molar-refractivity contribution in [3.8, 4) is 0 Å². The maximum atomic E-state index is 12.4. The topological polar surface area (TPSA) is 104 Å². The lowest BCUT2D eigenvalue weighted by molar-refractivity contribution is -0.124. The number of sulfonamides is 1. The first-order valence-corrected chi connectivity index (χ1v) is 8.38. The number of aromatic carboxylic acids is 1. The van der Waals surface area contributed by atoms with E-state index in [2.05, 4.69) is 5.32 Å². The Balaban J connectivity index is 3.05. The summed E-state index contributed by atoms with van der Waals surface area (Å²) in [6, 6.07) is 1.15. The molecule has 0 fully saturated rings. The maximum absolute atomic E-state index is 12.4. The van der Waals surface area contributed by atoms with Gasteiger partial charge in [-0.05, 0) is 13.0 Å². The molecule has 21 heavy (non-hydrogen) atoms. The molecule has 1 rings (SSSR count). The van der Waals surface area contributed by atoms with Gasteiger partial charge in [0.25, 0.3) is 0 Å². The van der Waals surface area contributed by atoms with Crippen molar-refractivity contribution >= 4 is 33.2 Å². The van der Waals surface area contributed by atoms with Crippen LogP contribution in [0.1, 0.15) is 21.5 Å². The van der Waals surface area contributed by atoms with Gasteiger partial charge in [-0.3, -0.25) is 4.79 Å². The van der Waals surface area contributed by atoms with Crippen molar-refractivity contribution in [2.45, 2.75) is 18.7 Å². The van der Waals surface area contributed by atoms with Crippen LogP contribution >= 0.6 is 11.3 Å². The van der Waals surface area contributed by atoms with Gasteiger partial charge < -0.3 is 10.4 Å². The highest BCUT2D eigenvalue weighted by Crippen LogP contribution is 2.28. The standard InChI is InChI=1S/C12H18N2O5S2/c1-7(11(15)13-3)6-14(4)21(18,19)10-5-9(12(16)17)20-8(10)2/h5,7H,6H2,1-4H3,(H,13,15)(H,16,17). The number of hydrogen-bond donors (Lipinski definition) is 2. The van der Waals surface area contributed by atoms with E-state index in [-0.39, 0.29) is 22.2 Å². The predicted octanol–water partition coefficient (Wildman–Crippen LogP) is 0.757. The molecular formula is C12H18N2O5S2. The second kappa shape index (κ2) is 6.54. The van der Waals surface area contributed by atoms with E-state index in [0.717, 1.165) is 21.7 Å². The summed E-state index contributed by atoms with van der Waals surface area (Å²) in [6.45, 7) is 3.19. The molecule has 0 aromatic carbocycles. The summed E-state index contributed by atoms with van der Waals surface area (Å²) in [5.41, 5.74) is 0. The Morgan fingerprint density at radius 3 is 2.48 bits per heavy atom. The van der Waals surface area contributed by atoms with Gasteiger partial charge in [0.1, 0.15) is 4.88 Å². The Morgan fingerprint density at radius 2 is 2.05 bits per heavy atom. The number of nitrogens with one attached hydrogen (secondary N) is 1. The van der Waals surface area contributed by atoms with Gasteiger partial charge in [-0.2, -0.15) is 0 Å². The number of rotatable bonds is 6. The zero-order valence-corrected chi connectivity index (χ0v) is 13.8. The molecule has 1 aromatic heterocycles. The Morgan fingerprint density at radius 1 is 1.48 bits per heavy atom. The Kier molecular flexibility index (Phi) is 5.48. The molecular weight excluding hydrogens is 316 g/mol. The summed E-state index contributed by atoms with van der Waals surface area (Å²) in [4.78, 5) is 22.7. The molecule has 0 radical (unpaired) electrons. The van der Waals surface area contributed by atoms with E-state index in [1.54, 1.807) is 13.8 Å². The van der Waals surface area contributed by atoms with E-state index in [1.807, 2.05) is 0 Å². The third kappa shape index (κ3) is 3.80. The summed E-state index contributed by atoms with van der Waals surface area (Å²) in [5, 5.41) is 11.4. The average molecular weight is 334 g/mol. The van der Waals surface area contributed by atoms with Crippen LogP contribution in [0.2, 0.25) is 0 Å². The number of aryl methyl sites for hydroxylation is 1. The van der Waals surface area contributed by atoms with Gasteiger partial charge in [0.15, 0.2) is 0 Å². The highest BCUT2D eigenvalue weighted by atomic mass is 32.2. The number of amides is 1.